The van der Waals surface area contributed by atoms with Crippen molar-refractivity contribution in [2.45, 2.75) is 13.8 Å². The first-order valence-electron chi connectivity index (χ1n) is 6.91. The highest BCUT2D eigenvalue weighted by Crippen LogP contribution is 2.24. The molecule has 0 spiro atoms. The van der Waals surface area contributed by atoms with Crippen LogP contribution in [0.4, 0.5) is 6.01 Å². The zero-order chi connectivity index (χ0) is 15.5. The van der Waals surface area contributed by atoms with Gasteiger partial charge in [-0.05, 0) is 37.6 Å². The summed E-state index contributed by atoms with van der Waals surface area (Å²) in [5.41, 5.74) is 3.55. The summed E-state index contributed by atoms with van der Waals surface area (Å²) >= 11 is 0. The minimum absolute atomic E-state index is 0.0877. The highest BCUT2D eigenvalue weighted by molar-refractivity contribution is 6.03. The van der Waals surface area contributed by atoms with Crippen LogP contribution in [0.5, 0.6) is 0 Å². The van der Waals surface area contributed by atoms with Gasteiger partial charge in [0.25, 0.3) is 5.91 Å². The topological polar surface area (TPSA) is 68.0 Å². The van der Waals surface area contributed by atoms with E-state index in [1.165, 1.54) is 0 Å². The molecule has 2 aromatic carbocycles. The molecule has 0 saturated heterocycles. The molecule has 0 radical (unpaired) electrons. The second kappa shape index (κ2) is 5.81. The molecule has 1 amide bonds. The first kappa shape index (κ1) is 14.0. The second-order valence-corrected chi connectivity index (χ2v) is 5.05. The molecule has 5 nitrogen and oxygen atoms in total. The Morgan fingerprint density at radius 1 is 1.05 bits per heavy atom. The molecule has 0 aliphatic heterocycles. The molecule has 0 atom stereocenters. The van der Waals surface area contributed by atoms with Crippen LogP contribution in [0.2, 0.25) is 0 Å². The van der Waals surface area contributed by atoms with Crippen molar-refractivity contribution in [1.82, 2.24) is 10.2 Å². The normalized spacial score (nSPS) is 10.5. The fourth-order valence-electron chi connectivity index (χ4n) is 2.11. The van der Waals surface area contributed by atoms with Crippen LogP contribution in [0.25, 0.3) is 11.5 Å². The highest BCUT2D eigenvalue weighted by Gasteiger charge is 2.14. The zero-order valence-electron chi connectivity index (χ0n) is 12.3. The van der Waals surface area contributed by atoms with Crippen molar-refractivity contribution >= 4 is 11.9 Å². The zero-order valence-corrected chi connectivity index (χ0v) is 12.3. The minimum atomic E-state index is -0.281. The van der Waals surface area contributed by atoms with Gasteiger partial charge in [-0.15, -0.1) is 5.10 Å². The summed E-state index contributed by atoms with van der Waals surface area (Å²) in [4.78, 5) is 12.0. The lowest BCUT2D eigenvalue weighted by Gasteiger charge is -2.02. The molecule has 3 aromatic rings. The standard InChI is InChI=1S/C17H15N3O2/c1-11-8-9-12(2)14(10-11)16-19-20-17(22-16)18-15(21)13-6-4-3-5-7-13/h3-10H,1-2H3,(H,18,20,21). The monoisotopic (exact) mass is 293 g/mol. The third-order valence-corrected chi connectivity index (χ3v) is 3.30. The number of anilines is 1. The second-order valence-electron chi connectivity index (χ2n) is 5.05. The maximum atomic E-state index is 12.0. The van der Waals surface area contributed by atoms with Gasteiger partial charge < -0.3 is 4.42 Å². The van der Waals surface area contributed by atoms with Gasteiger partial charge in [0.1, 0.15) is 0 Å². The van der Waals surface area contributed by atoms with Crippen LogP contribution < -0.4 is 5.32 Å². The molecule has 0 unspecified atom stereocenters. The van der Waals surface area contributed by atoms with Gasteiger partial charge in [0.15, 0.2) is 0 Å². The van der Waals surface area contributed by atoms with Crippen molar-refractivity contribution in [2.75, 3.05) is 5.32 Å². The number of benzene rings is 2. The number of nitrogens with zero attached hydrogens (tertiary/aromatic N) is 2. The lowest BCUT2D eigenvalue weighted by Crippen LogP contribution is -2.11. The number of amides is 1. The van der Waals surface area contributed by atoms with Crippen molar-refractivity contribution < 1.29 is 9.21 Å². The number of carbonyl (C=O) groups is 1. The summed E-state index contributed by atoms with van der Waals surface area (Å²) in [6.07, 6.45) is 0. The largest absolute Gasteiger partial charge is 0.403 e. The van der Waals surface area contributed by atoms with Gasteiger partial charge >= 0.3 is 6.01 Å². The average Bonchev–Trinajstić information content (AvgIpc) is 2.99. The summed E-state index contributed by atoms with van der Waals surface area (Å²) in [6, 6.07) is 15.0. The Balaban J connectivity index is 1.82. The predicted molar refractivity (Wildman–Crippen MR) is 83.6 cm³/mol. The highest BCUT2D eigenvalue weighted by atomic mass is 16.4. The molecular formula is C17H15N3O2. The lowest BCUT2D eigenvalue weighted by atomic mass is 10.1. The van der Waals surface area contributed by atoms with E-state index in [0.717, 1.165) is 16.7 Å². The van der Waals surface area contributed by atoms with Crippen LogP contribution >= 0.6 is 0 Å². The van der Waals surface area contributed by atoms with Crippen molar-refractivity contribution in [3.8, 4) is 11.5 Å². The van der Waals surface area contributed by atoms with E-state index >= 15 is 0 Å². The van der Waals surface area contributed by atoms with Crippen LogP contribution in [0.3, 0.4) is 0 Å². The van der Waals surface area contributed by atoms with Crippen LogP contribution in [0.15, 0.2) is 52.9 Å². The Morgan fingerprint density at radius 2 is 1.82 bits per heavy atom. The minimum Gasteiger partial charge on any atom is -0.403 e. The number of rotatable bonds is 3. The number of nitrogens with one attached hydrogen (secondary N) is 1. The summed E-state index contributed by atoms with van der Waals surface area (Å²) in [7, 11) is 0. The fraction of sp³-hybridized carbons (Fsp3) is 0.118. The van der Waals surface area contributed by atoms with Gasteiger partial charge in [0.2, 0.25) is 5.89 Å². The summed E-state index contributed by atoms with van der Waals surface area (Å²) in [5, 5.41) is 10.5. The molecule has 1 heterocycles. The molecule has 5 heteroatoms. The van der Waals surface area contributed by atoms with E-state index in [1.54, 1.807) is 24.3 Å². The first-order chi connectivity index (χ1) is 10.6. The van der Waals surface area contributed by atoms with E-state index < -0.39 is 0 Å². The van der Waals surface area contributed by atoms with Gasteiger partial charge in [-0.1, -0.05) is 41.0 Å². The molecule has 3 rings (SSSR count). The van der Waals surface area contributed by atoms with Gasteiger partial charge in [0, 0.05) is 11.1 Å². The van der Waals surface area contributed by atoms with E-state index in [-0.39, 0.29) is 11.9 Å². The molecule has 1 N–H and O–H groups in total. The van der Waals surface area contributed by atoms with Crippen molar-refractivity contribution in [2.24, 2.45) is 0 Å². The number of carbonyl (C=O) groups excluding carboxylic acids is 1. The Kier molecular flexibility index (Phi) is 3.70. The Bertz CT molecular complexity index is 810. The van der Waals surface area contributed by atoms with Gasteiger partial charge in [-0.3, -0.25) is 10.1 Å². The van der Waals surface area contributed by atoms with Crippen molar-refractivity contribution in [1.29, 1.82) is 0 Å². The molecule has 0 saturated carbocycles. The van der Waals surface area contributed by atoms with Gasteiger partial charge in [0.05, 0.1) is 0 Å². The van der Waals surface area contributed by atoms with Crippen LogP contribution in [0, 0.1) is 13.8 Å². The first-order valence-corrected chi connectivity index (χ1v) is 6.91. The van der Waals surface area contributed by atoms with Crippen molar-refractivity contribution in [3.63, 3.8) is 0 Å². The van der Waals surface area contributed by atoms with Crippen molar-refractivity contribution in [3.05, 3.63) is 65.2 Å². The smallest absolute Gasteiger partial charge is 0.322 e. The Morgan fingerprint density at radius 3 is 2.59 bits per heavy atom. The summed E-state index contributed by atoms with van der Waals surface area (Å²) < 4.78 is 5.54. The molecule has 0 aliphatic rings. The molecule has 22 heavy (non-hydrogen) atoms. The third-order valence-electron chi connectivity index (χ3n) is 3.30. The molecule has 110 valence electrons. The molecule has 0 fully saturated rings. The number of hydrogen-bond donors (Lipinski definition) is 1. The molecule has 1 aromatic heterocycles. The number of aryl methyl sites for hydroxylation is 2. The van der Waals surface area contributed by atoms with Gasteiger partial charge in [-0.25, -0.2) is 0 Å². The average molecular weight is 293 g/mol. The van der Waals surface area contributed by atoms with E-state index in [2.05, 4.69) is 15.5 Å². The summed E-state index contributed by atoms with van der Waals surface area (Å²) in [5.74, 6) is 0.112. The Labute approximate surface area is 128 Å². The van der Waals surface area contributed by atoms with E-state index in [0.29, 0.717) is 11.5 Å². The molecule has 0 aliphatic carbocycles. The molecular weight excluding hydrogens is 278 g/mol. The van der Waals surface area contributed by atoms with Crippen LogP contribution in [-0.2, 0) is 0 Å². The van der Waals surface area contributed by atoms with E-state index in [4.69, 9.17) is 4.42 Å². The Hall–Kier alpha value is -2.95. The lowest BCUT2D eigenvalue weighted by molar-refractivity contribution is 0.102. The number of aromatic nitrogens is 2. The van der Waals surface area contributed by atoms with Crippen LogP contribution in [-0.4, -0.2) is 16.1 Å². The fourth-order valence-corrected chi connectivity index (χ4v) is 2.11. The van der Waals surface area contributed by atoms with E-state index in [1.807, 2.05) is 38.1 Å². The van der Waals surface area contributed by atoms with Gasteiger partial charge in [-0.2, -0.15) is 0 Å². The molecule has 0 bridgehead atoms. The maximum Gasteiger partial charge on any atom is 0.322 e. The summed E-state index contributed by atoms with van der Waals surface area (Å²) in [6.45, 7) is 3.97. The van der Waals surface area contributed by atoms with E-state index in [9.17, 15) is 4.79 Å². The number of hydrogen-bond acceptors (Lipinski definition) is 4. The quantitative estimate of drug-likeness (QED) is 0.801. The SMILES string of the molecule is Cc1ccc(C)c(-c2nnc(NC(=O)c3ccccc3)o2)c1. The van der Waals surface area contributed by atoms with Crippen LogP contribution in [0.1, 0.15) is 21.5 Å². The maximum absolute atomic E-state index is 12.0. The predicted octanol–water partition coefficient (Wildman–Crippen LogP) is 3.61. The third kappa shape index (κ3) is 2.88.